The summed E-state index contributed by atoms with van der Waals surface area (Å²) in [5, 5.41) is 3.28. The topological polar surface area (TPSA) is 35.6 Å². The molecule has 0 bridgehead atoms. The lowest BCUT2D eigenvalue weighted by Gasteiger charge is -2.24. The van der Waals surface area contributed by atoms with Crippen molar-refractivity contribution in [1.82, 2.24) is 15.1 Å². The molecule has 1 N–H and O–H groups in total. The van der Waals surface area contributed by atoms with Crippen LogP contribution in [0, 0.1) is 5.92 Å². The van der Waals surface area contributed by atoms with E-state index in [9.17, 15) is 4.79 Å². The van der Waals surface area contributed by atoms with E-state index < -0.39 is 0 Å². The summed E-state index contributed by atoms with van der Waals surface area (Å²) in [5.41, 5.74) is 0. The van der Waals surface area contributed by atoms with Crippen molar-refractivity contribution in [3.05, 3.63) is 0 Å². The summed E-state index contributed by atoms with van der Waals surface area (Å²) in [5.74, 6) is 0.729. The first-order chi connectivity index (χ1) is 7.52. The van der Waals surface area contributed by atoms with Crippen LogP contribution in [-0.4, -0.2) is 62.5 Å². The first kappa shape index (κ1) is 13.5. The molecule has 4 nitrogen and oxygen atoms in total. The van der Waals surface area contributed by atoms with Gasteiger partial charge in [0.2, 0.25) is 5.91 Å². The Morgan fingerprint density at radius 1 is 1.31 bits per heavy atom. The Hall–Kier alpha value is -0.610. The second kappa shape index (κ2) is 6.21. The van der Waals surface area contributed by atoms with Gasteiger partial charge in [-0.05, 0) is 45.9 Å². The Labute approximate surface area is 99.0 Å². The fourth-order valence-electron chi connectivity index (χ4n) is 2.14. The molecular weight excluding hydrogens is 202 g/mol. The minimum Gasteiger partial charge on any atom is -0.344 e. The molecule has 1 aliphatic heterocycles. The minimum atomic E-state index is 0.0457. The Kier molecular flexibility index (Phi) is 5.22. The number of carbonyl (C=O) groups is 1. The van der Waals surface area contributed by atoms with Crippen molar-refractivity contribution in [1.29, 1.82) is 0 Å². The van der Waals surface area contributed by atoms with E-state index in [1.165, 1.54) is 0 Å². The van der Waals surface area contributed by atoms with Gasteiger partial charge in [0.25, 0.3) is 0 Å². The summed E-state index contributed by atoms with van der Waals surface area (Å²) in [4.78, 5) is 16.1. The normalized spacial score (nSPS) is 25.1. The number of carbonyl (C=O) groups excluding carboxylic acids is 1. The summed E-state index contributed by atoms with van der Waals surface area (Å²) in [6.07, 6.45) is 2.15. The van der Waals surface area contributed by atoms with Gasteiger partial charge in [0, 0.05) is 13.6 Å². The van der Waals surface area contributed by atoms with Crippen LogP contribution < -0.4 is 5.32 Å². The van der Waals surface area contributed by atoms with Gasteiger partial charge in [0.15, 0.2) is 0 Å². The zero-order chi connectivity index (χ0) is 12.1. The summed E-state index contributed by atoms with van der Waals surface area (Å²) in [7, 11) is 6.02. The molecule has 1 saturated heterocycles. The molecule has 2 unspecified atom stereocenters. The van der Waals surface area contributed by atoms with Gasteiger partial charge in [-0.25, -0.2) is 0 Å². The molecule has 1 fully saturated rings. The van der Waals surface area contributed by atoms with Gasteiger partial charge in [-0.2, -0.15) is 0 Å². The van der Waals surface area contributed by atoms with Gasteiger partial charge >= 0.3 is 0 Å². The molecule has 2 atom stereocenters. The van der Waals surface area contributed by atoms with Crippen molar-refractivity contribution in [2.24, 2.45) is 5.92 Å². The Morgan fingerprint density at radius 3 is 2.50 bits per heavy atom. The van der Waals surface area contributed by atoms with Gasteiger partial charge in [0.05, 0.1) is 6.04 Å². The third-order valence-electron chi connectivity index (χ3n) is 3.27. The highest BCUT2D eigenvalue weighted by Crippen LogP contribution is 2.16. The number of likely N-dealkylation sites (N-methyl/N-ethyl adjacent to an activating group) is 1. The molecule has 0 aromatic heterocycles. The standard InChI is InChI=1S/C12H25N3O/c1-10-6-7-13-11(10)12(16)15(4)9-5-8-14(2)3/h10-11,13H,5-9H2,1-4H3. The lowest BCUT2D eigenvalue weighted by atomic mass is 10.0. The largest absolute Gasteiger partial charge is 0.344 e. The van der Waals surface area contributed by atoms with Crippen LogP contribution in [0.1, 0.15) is 19.8 Å². The number of nitrogens with zero attached hydrogens (tertiary/aromatic N) is 2. The highest BCUT2D eigenvalue weighted by molar-refractivity contribution is 5.82. The molecule has 0 radical (unpaired) electrons. The molecule has 0 aromatic rings. The van der Waals surface area contributed by atoms with Crippen LogP contribution in [0.4, 0.5) is 0 Å². The van der Waals surface area contributed by atoms with Crippen LogP contribution in [0.5, 0.6) is 0 Å². The maximum Gasteiger partial charge on any atom is 0.239 e. The summed E-state index contributed by atoms with van der Waals surface area (Å²) in [6.45, 7) is 5.01. The second-order valence-corrected chi connectivity index (χ2v) is 5.11. The molecule has 0 aliphatic carbocycles. The fraction of sp³-hybridized carbons (Fsp3) is 0.917. The van der Waals surface area contributed by atoms with Crippen LogP contribution in [0.25, 0.3) is 0 Å². The number of rotatable bonds is 5. The van der Waals surface area contributed by atoms with Crippen LogP contribution >= 0.6 is 0 Å². The molecule has 1 rings (SSSR count). The molecule has 94 valence electrons. The number of hydrogen-bond acceptors (Lipinski definition) is 3. The van der Waals surface area contributed by atoms with Crippen molar-refractivity contribution in [3.8, 4) is 0 Å². The Bertz CT molecular complexity index is 230. The van der Waals surface area contributed by atoms with Crippen molar-refractivity contribution in [2.75, 3.05) is 40.8 Å². The van der Waals surface area contributed by atoms with Gasteiger partial charge in [0.1, 0.15) is 0 Å². The second-order valence-electron chi connectivity index (χ2n) is 5.11. The predicted molar refractivity (Wildman–Crippen MR) is 66.4 cm³/mol. The zero-order valence-electron chi connectivity index (χ0n) is 11.0. The van der Waals surface area contributed by atoms with E-state index in [-0.39, 0.29) is 11.9 Å². The molecular formula is C12H25N3O. The van der Waals surface area contributed by atoms with Crippen LogP contribution in [0.3, 0.4) is 0 Å². The van der Waals surface area contributed by atoms with E-state index in [2.05, 4.69) is 31.2 Å². The number of amides is 1. The Morgan fingerprint density at radius 2 is 2.00 bits per heavy atom. The maximum absolute atomic E-state index is 12.1. The first-order valence-corrected chi connectivity index (χ1v) is 6.15. The zero-order valence-corrected chi connectivity index (χ0v) is 11.0. The molecule has 1 amide bonds. The number of nitrogens with one attached hydrogen (secondary N) is 1. The van der Waals surface area contributed by atoms with Crippen molar-refractivity contribution < 1.29 is 4.79 Å². The predicted octanol–water partition coefficient (Wildman–Crippen LogP) is 0.395. The minimum absolute atomic E-state index is 0.0457. The third kappa shape index (κ3) is 3.76. The molecule has 4 heteroatoms. The maximum atomic E-state index is 12.1. The quantitative estimate of drug-likeness (QED) is 0.738. The molecule has 0 spiro atoms. The van der Waals surface area contributed by atoms with Gasteiger partial charge in [-0.15, -0.1) is 0 Å². The number of hydrogen-bond donors (Lipinski definition) is 1. The molecule has 1 heterocycles. The van der Waals surface area contributed by atoms with Crippen molar-refractivity contribution in [2.45, 2.75) is 25.8 Å². The molecule has 0 aromatic carbocycles. The van der Waals surface area contributed by atoms with Gasteiger partial charge in [-0.1, -0.05) is 6.92 Å². The molecule has 16 heavy (non-hydrogen) atoms. The Balaban J connectivity index is 2.30. The van der Waals surface area contributed by atoms with Gasteiger partial charge < -0.3 is 15.1 Å². The van der Waals surface area contributed by atoms with Crippen LogP contribution in [0.15, 0.2) is 0 Å². The SMILES string of the molecule is CC1CCNC1C(=O)N(C)CCCN(C)C. The summed E-state index contributed by atoms with van der Waals surface area (Å²) in [6, 6.07) is 0.0457. The van der Waals surface area contributed by atoms with E-state index in [0.717, 1.165) is 32.5 Å². The van der Waals surface area contributed by atoms with Gasteiger partial charge in [-0.3, -0.25) is 4.79 Å². The monoisotopic (exact) mass is 227 g/mol. The lowest BCUT2D eigenvalue weighted by molar-refractivity contribution is -0.132. The smallest absolute Gasteiger partial charge is 0.239 e. The summed E-state index contributed by atoms with van der Waals surface area (Å²) >= 11 is 0. The van der Waals surface area contributed by atoms with Crippen LogP contribution in [-0.2, 0) is 4.79 Å². The van der Waals surface area contributed by atoms with Crippen LogP contribution in [0.2, 0.25) is 0 Å². The van der Waals surface area contributed by atoms with E-state index in [1.807, 2.05) is 11.9 Å². The third-order valence-corrected chi connectivity index (χ3v) is 3.27. The van der Waals surface area contributed by atoms with Crippen molar-refractivity contribution in [3.63, 3.8) is 0 Å². The first-order valence-electron chi connectivity index (χ1n) is 6.15. The van der Waals surface area contributed by atoms with E-state index >= 15 is 0 Å². The lowest BCUT2D eigenvalue weighted by Crippen LogP contribution is -2.44. The van der Waals surface area contributed by atoms with E-state index in [0.29, 0.717) is 5.92 Å². The molecule has 1 aliphatic rings. The highest BCUT2D eigenvalue weighted by atomic mass is 16.2. The average Bonchev–Trinajstić information content (AvgIpc) is 2.62. The van der Waals surface area contributed by atoms with E-state index in [4.69, 9.17) is 0 Å². The molecule has 0 saturated carbocycles. The summed E-state index contributed by atoms with van der Waals surface area (Å²) < 4.78 is 0. The van der Waals surface area contributed by atoms with E-state index in [1.54, 1.807) is 0 Å². The highest BCUT2D eigenvalue weighted by Gasteiger charge is 2.30. The fourth-order valence-corrected chi connectivity index (χ4v) is 2.14. The average molecular weight is 227 g/mol. The van der Waals surface area contributed by atoms with Crippen molar-refractivity contribution >= 4 is 5.91 Å².